The van der Waals surface area contributed by atoms with Crippen LogP contribution in [0.4, 0.5) is 5.69 Å². The maximum Gasteiger partial charge on any atom is 0.244 e. The van der Waals surface area contributed by atoms with Crippen molar-refractivity contribution in [1.82, 2.24) is 10.2 Å². The molecule has 4 rings (SSSR count). The van der Waals surface area contributed by atoms with E-state index < -0.39 is 28.5 Å². The first-order valence-electron chi connectivity index (χ1n) is 13.1. The number of carbonyl (C=O) groups is 2. The lowest BCUT2D eigenvalue weighted by atomic mass is 10.0. The van der Waals surface area contributed by atoms with E-state index in [9.17, 15) is 18.0 Å². The summed E-state index contributed by atoms with van der Waals surface area (Å²) in [5, 5.41) is 2.94. The molecule has 0 aromatic heterocycles. The summed E-state index contributed by atoms with van der Waals surface area (Å²) >= 11 is 0. The predicted octanol–water partition coefficient (Wildman–Crippen LogP) is 3.65. The average Bonchev–Trinajstić information content (AvgIpc) is 3.38. The van der Waals surface area contributed by atoms with Crippen LogP contribution in [0.25, 0.3) is 0 Å². The van der Waals surface area contributed by atoms with Gasteiger partial charge in [0, 0.05) is 25.1 Å². The second-order valence-electron chi connectivity index (χ2n) is 10.2. The van der Waals surface area contributed by atoms with Crippen molar-refractivity contribution in [2.75, 3.05) is 23.9 Å². The van der Waals surface area contributed by atoms with Crippen molar-refractivity contribution >= 4 is 27.5 Å². The molecule has 1 aliphatic rings. The number of hydrogen-bond donors (Lipinski definition) is 1. The van der Waals surface area contributed by atoms with Crippen LogP contribution < -0.4 is 19.1 Å². The lowest BCUT2D eigenvalue weighted by molar-refractivity contribution is -0.140. The van der Waals surface area contributed by atoms with Gasteiger partial charge < -0.3 is 19.7 Å². The van der Waals surface area contributed by atoms with Crippen molar-refractivity contribution < 1.29 is 27.5 Å². The lowest BCUT2D eigenvalue weighted by Gasteiger charge is -2.34. The summed E-state index contributed by atoms with van der Waals surface area (Å²) in [6.45, 7) is 5.35. The zero-order valence-corrected chi connectivity index (χ0v) is 24.0. The minimum absolute atomic E-state index is 0.0348. The van der Waals surface area contributed by atoms with Crippen molar-refractivity contribution in [3.8, 4) is 11.5 Å². The number of fused-ring (bicyclic) bond motifs is 1. The van der Waals surface area contributed by atoms with Crippen LogP contribution in [-0.4, -0.2) is 56.8 Å². The molecule has 1 atom stereocenters. The highest BCUT2D eigenvalue weighted by Gasteiger charge is 2.33. The zero-order valence-electron chi connectivity index (χ0n) is 23.2. The Hall–Kier alpha value is -4.05. The third-order valence-corrected chi connectivity index (χ3v) is 7.64. The van der Waals surface area contributed by atoms with Gasteiger partial charge >= 0.3 is 0 Å². The third kappa shape index (κ3) is 7.32. The van der Waals surface area contributed by atoms with Crippen LogP contribution in [0.15, 0.2) is 72.8 Å². The maximum absolute atomic E-state index is 14.1. The van der Waals surface area contributed by atoms with E-state index >= 15 is 0 Å². The van der Waals surface area contributed by atoms with E-state index in [0.717, 1.165) is 27.3 Å². The molecule has 1 heterocycles. The molecule has 9 nitrogen and oxygen atoms in total. The summed E-state index contributed by atoms with van der Waals surface area (Å²) in [5.74, 6) is 0.0722. The molecule has 1 aliphatic heterocycles. The molecule has 0 saturated heterocycles. The molecular weight excluding hydrogens is 530 g/mol. The summed E-state index contributed by atoms with van der Waals surface area (Å²) in [6, 6.07) is 20.8. The van der Waals surface area contributed by atoms with Crippen LogP contribution in [0.2, 0.25) is 0 Å². The van der Waals surface area contributed by atoms with E-state index in [-0.39, 0.29) is 37.4 Å². The lowest BCUT2D eigenvalue weighted by Crippen LogP contribution is -2.54. The Morgan fingerprint density at radius 3 is 2.25 bits per heavy atom. The second-order valence-corrected chi connectivity index (χ2v) is 12.1. The summed E-state index contributed by atoms with van der Waals surface area (Å²) < 4.78 is 37.7. The van der Waals surface area contributed by atoms with Crippen LogP contribution in [0.3, 0.4) is 0 Å². The molecule has 0 bridgehead atoms. The first-order valence-corrected chi connectivity index (χ1v) is 14.9. The standard InChI is InChI=1S/C30H35N3O6S/c1-21(2)31-30(35)26(16-23-8-6-5-7-9-23)32(18-24-12-10-22(3)11-13-24)29(34)19-33(40(4,36)37)25-14-15-27-28(17-25)39-20-38-27/h5-15,17,21,26H,16,18-20H2,1-4H3,(H,31,35). The molecule has 10 heteroatoms. The quantitative estimate of drug-likeness (QED) is 0.381. The highest BCUT2D eigenvalue weighted by Crippen LogP contribution is 2.36. The van der Waals surface area contributed by atoms with E-state index in [2.05, 4.69) is 5.32 Å². The Morgan fingerprint density at radius 1 is 0.925 bits per heavy atom. The van der Waals surface area contributed by atoms with Gasteiger partial charge in [0.1, 0.15) is 12.6 Å². The van der Waals surface area contributed by atoms with Crippen molar-refractivity contribution in [1.29, 1.82) is 0 Å². The number of nitrogens with one attached hydrogen (secondary N) is 1. The number of hydrogen-bond acceptors (Lipinski definition) is 6. The van der Waals surface area contributed by atoms with Crippen molar-refractivity contribution in [2.45, 2.75) is 45.8 Å². The number of nitrogens with zero attached hydrogens (tertiary/aromatic N) is 2. The topological polar surface area (TPSA) is 105 Å². The minimum Gasteiger partial charge on any atom is -0.454 e. The largest absolute Gasteiger partial charge is 0.454 e. The molecular formula is C30H35N3O6S. The van der Waals surface area contributed by atoms with Crippen LogP contribution in [0.5, 0.6) is 11.5 Å². The fourth-order valence-corrected chi connectivity index (χ4v) is 5.32. The fourth-order valence-electron chi connectivity index (χ4n) is 4.48. The molecule has 3 aromatic rings. The number of carbonyl (C=O) groups excluding carboxylic acids is 2. The van der Waals surface area contributed by atoms with Gasteiger partial charge in [0.2, 0.25) is 28.6 Å². The van der Waals surface area contributed by atoms with Gasteiger partial charge in [0.05, 0.1) is 11.9 Å². The van der Waals surface area contributed by atoms with Crippen LogP contribution in [-0.2, 0) is 32.6 Å². The van der Waals surface area contributed by atoms with Crippen LogP contribution in [0.1, 0.15) is 30.5 Å². The number of benzene rings is 3. The van der Waals surface area contributed by atoms with Gasteiger partial charge in [-0.25, -0.2) is 8.42 Å². The van der Waals surface area contributed by atoms with E-state index in [1.807, 2.05) is 75.4 Å². The number of amides is 2. The summed E-state index contributed by atoms with van der Waals surface area (Å²) in [6.07, 6.45) is 1.31. The molecule has 0 saturated carbocycles. The Morgan fingerprint density at radius 2 is 1.60 bits per heavy atom. The molecule has 40 heavy (non-hydrogen) atoms. The summed E-state index contributed by atoms with van der Waals surface area (Å²) in [4.78, 5) is 29.1. The highest BCUT2D eigenvalue weighted by molar-refractivity contribution is 7.92. The van der Waals surface area contributed by atoms with E-state index in [1.54, 1.807) is 12.1 Å². The zero-order chi connectivity index (χ0) is 28.9. The SMILES string of the molecule is Cc1ccc(CN(C(=O)CN(c2ccc3c(c2)OCO3)S(C)(=O)=O)C(Cc2ccccc2)C(=O)NC(C)C)cc1. The minimum atomic E-state index is -3.88. The normalized spacial score (nSPS) is 13.1. The molecule has 212 valence electrons. The molecule has 0 aliphatic carbocycles. The van der Waals surface area contributed by atoms with Gasteiger partial charge in [0.15, 0.2) is 11.5 Å². The maximum atomic E-state index is 14.1. The Balaban J connectivity index is 1.72. The Kier molecular flexibility index (Phi) is 8.99. The van der Waals surface area contributed by atoms with Gasteiger partial charge in [-0.15, -0.1) is 0 Å². The predicted molar refractivity (Wildman–Crippen MR) is 154 cm³/mol. The van der Waals surface area contributed by atoms with Crippen LogP contribution >= 0.6 is 0 Å². The first-order chi connectivity index (χ1) is 19.0. The van der Waals surface area contributed by atoms with Gasteiger partial charge in [-0.3, -0.25) is 13.9 Å². The monoisotopic (exact) mass is 565 g/mol. The molecule has 3 aromatic carbocycles. The Labute approximate surface area is 235 Å². The van der Waals surface area contributed by atoms with Gasteiger partial charge in [-0.05, 0) is 44.0 Å². The number of anilines is 1. The molecule has 0 fully saturated rings. The fraction of sp³-hybridized carbons (Fsp3) is 0.333. The molecule has 0 radical (unpaired) electrons. The van der Waals surface area contributed by atoms with E-state index in [4.69, 9.17) is 9.47 Å². The smallest absolute Gasteiger partial charge is 0.244 e. The average molecular weight is 566 g/mol. The second kappa shape index (κ2) is 12.4. The highest BCUT2D eigenvalue weighted by atomic mass is 32.2. The molecule has 1 unspecified atom stereocenters. The van der Waals surface area contributed by atoms with E-state index in [0.29, 0.717) is 11.5 Å². The molecule has 2 amide bonds. The molecule has 0 spiro atoms. The first kappa shape index (κ1) is 28.9. The third-order valence-electron chi connectivity index (χ3n) is 6.50. The number of ether oxygens (including phenoxy) is 2. The Bertz CT molecular complexity index is 1440. The molecule has 1 N–H and O–H groups in total. The van der Waals surface area contributed by atoms with Crippen molar-refractivity contribution in [3.05, 3.63) is 89.5 Å². The van der Waals surface area contributed by atoms with Crippen molar-refractivity contribution in [2.24, 2.45) is 0 Å². The van der Waals surface area contributed by atoms with Crippen LogP contribution in [0, 0.1) is 6.92 Å². The number of sulfonamides is 1. The van der Waals surface area contributed by atoms with Gasteiger partial charge in [0.25, 0.3) is 0 Å². The summed E-state index contributed by atoms with van der Waals surface area (Å²) in [7, 11) is -3.88. The van der Waals surface area contributed by atoms with Gasteiger partial charge in [-0.1, -0.05) is 60.2 Å². The number of aryl methyl sites for hydroxylation is 1. The summed E-state index contributed by atoms with van der Waals surface area (Å²) in [5.41, 5.74) is 3.03. The number of rotatable bonds is 11. The van der Waals surface area contributed by atoms with Crippen molar-refractivity contribution in [3.63, 3.8) is 0 Å². The van der Waals surface area contributed by atoms with E-state index in [1.165, 1.54) is 11.0 Å². The van der Waals surface area contributed by atoms with Gasteiger partial charge in [-0.2, -0.15) is 0 Å².